The summed E-state index contributed by atoms with van der Waals surface area (Å²) >= 11 is 0. The molecule has 2 aromatic carbocycles. The minimum Gasteiger partial charge on any atom is -0.387 e. The van der Waals surface area contributed by atoms with Gasteiger partial charge < -0.3 is 5.11 Å². The van der Waals surface area contributed by atoms with Crippen LogP contribution in [0.2, 0.25) is 0 Å². The lowest BCUT2D eigenvalue weighted by atomic mass is 9.64. The molecule has 0 aliphatic carbocycles. The SMILES string of the molecule is C=C[C@]1(C)CN2CCC1CC2[C@H](O)c1cccc2ccccc12. The Morgan fingerprint density at radius 2 is 2.04 bits per heavy atom. The van der Waals surface area contributed by atoms with E-state index in [-0.39, 0.29) is 11.5 Å². The number of hydrogen-bond donors (Lipinski definition) is 1. The van der Waals surface area contributed by atoms with Crippen LogP contribution >= 0.6 is 0 Å². The molecule has 5 rings (SSSR count). The zero-order valence-electron chi connectivity index (χ0n) is 13.8. The smallest absolute Gasteiger partial charge is 0.0951 e. The predicted molar refractivity (Wildman–Crippen MR) is 95.3 cm³/mol. The number of rotatable bonds is 3. The van der Waals surface area contributed by atoms with Gasteiger partial charge in [0, 0.05) is 18.0 Å². The number of fused-ring (bicyclic) bond motifs is 4. The summed E-state index contributed by atoms with van der Waals surface area (Å²) in [5.74, 6) is 0.639. The van der Waals surface area contributed by atoms with Gasteiger partial charge in [0.1, 0.15) is 0 Å². The number of nitrogens with zero attached hydrogens (tertiary/aromatic N) is 1. The third kappa shape index (κ3) is 2.32. The first-order chi connectivity index (χ1) is 11.1. The largest absolute Gasteiger partial charge is 0.387 e. The third-order valence-electron chi connectivity index (χ3n) is 6.21. The minimum atomic E-state index is -0.418. The molecule has 2 aromatic rings. The molecule has 3 fully saturated rings. The lowest BCUT2D eigenvalue weighted by Gasteiger charge is -2.55. The van der Waals surface area contributed by atoms with Gasteiger partial charge in [-0.25, -0.2) is 0 Å². The molecule has 2 nitrogen and oxygen atoms in total. The molecule has 0 radical (unpaired) electrons. The number of aliphatic hydroxyl groups is 1. The zero-order chi connectivity index (χ0) is 16.0. The number of aliphatic hydroxyl groups excluding tert-OH is 1. The van der Waals surface area contributed by atoms with Crippen molar-refractivity contribution in [2.75, 3.05) is 13.1 Å². The zero-order valence-corrected chi connectivity index (χ0v) is 13.8. The molecule has 3 aliphatic heterocycles. The molecule has 2 heteroatoms. The van der Waals surface area contributed by atoms with Crippen LogP contribution in [-0.2, 0) is 0 Å². The molecule has 23 heavy (non-hydrogen) atoms. The summed E-state index contributed by atoms with van der Waals surface area (Å²) < 4.78 is 0. The van der Waals surface area contributed by atoms with Gasteiger partial charge in [-0.3, -0.25) is 4.90 Å². The Hall–Kier alpha value is -1.64. The quantitative estimate of drug-likeness (QED) is 0.861. The van der Waals surface area contributed by atoms with Gasteiger partial charge in [0.15, 0.2) is 0 Å². The highest BCUT2D eigenvalue weighted by Gasteiger charge is 2.47. The molecule has 3 heterocycles. The summed E-state index contributed by atoms with van der Waals surface area (Å²) in [5, 5.41) is 13.5. The van der Waals surface area contributed by atoms with E-state index >= 15 is 0 Å². The molecule has 5 atom stereocenters. The summed E-state index contributed by atoms with van der Waals surface area (Å²) in [6.07, 6.45) is 4.00. The Balaban J connectivity index is 1.68. The second-order valence-electron chi connectivity index (χ2n) is 7.48. The van der Waals surface area contributed by atoms with Gasteiger partial charge in [-0.2, -0.15) is 0 Å². The first kappa shape index (κ1) is 14.9. The number of piperidine rings is 3. The summed E-state index contributed by atoms with van der Waals surface area (Å²) in [5.41, 5.74) is 1.27. The second kappa shape index (κ2) is 5.47. The van der Waals surface area contributed by atoms with Crippen molar-refractivity contribution in [3.8, 4) is 0 Å². The van der Waals surface area contributed by atoms with Crippen molar-refractivity contribution in [2.24, 2.45) is 11.3 Å². The van der Waals surface area contributed by atoms with Crippen molar-refractivity contribution < 1.29 is 5.11 Å². The highest BCUT2D eigenvalue weighted by molar-refractivity contribution is 5.86. The molecule has 0 spiro atoms. The van der Waals surface area contributed by atoms with Gasteiger partial charge in [0.2, 0.25) is 0 Å². The van der Waals surface area contributed by atoms with Gasteiger partial charge in [0.25, 0.3) is 0 Å². The highest BCUT2D eigenvalue weighted by atomic mass is 16.3. The second-order valence-corrected chi connectivity index (χ2v) is 7.48. The Kier molecular flexibility index (Phi) is 3.55. The van der Waals surface area contributed by atoms with E-state index in [9.17, 15) is 5.11 Å². The van der Waals surface area contributed by atoms with E-state index < -0.39 is 6.10 Å². The summed E-state index contributed by atoms with van der Waals surface area (Å²) in [4.78, 5) is 2.48. The van der Waals surface area contributed by atoms with E-state index in [2.05, 4.69) is 66.9 Å². The average molecular weight is 307 g/mol. The number of benzene rings is 2. The predicted octanol–water partition coefficient (Wildman–Crippen LogP) is 4.16. The van der Waals surface area contributed by atoms with Crippen LogP contribution in [0, 0.1) is 11.3 Å². The molecule has 3 aliphatic rings. The normalized spacial score (nSPS) is 34.4. The van der Waals surface area contributed by atoms with Gasteiger partial charge in [-0.05, 0) is 41.6 Å². The van der Waals surface area contributed by atoms with Crippen LogP contribution in [0.5, 0.6) is 0 Å². The van der Waals surface area contributed by atoms with E-state index in [1.165, 1.54) is 17.2 Å². The van der Waals surface area contributed by atoms with Gasteiger partial charge in [-0.1, -0.05) is 55.5 Å². The van der Waals surface area contributed by atoms with Crippen LogP contribution in [0.1, 0.15) is 31.4 Å². The third-order valence-corrected chi connectivity index (χ3v) is 6.21. The van der Waals surface area contributed by atoms with Crippen molar-refractivity contribution in [3.05, 3.63) is 60.7 Å². The van der Waals surface area contributed by atoms with Gasteiger partial charge in [-0.15, -0.1) is 6.58 Å². The van der Waals surface area contributed by atoms with Gasteiger partial charge >= 0.3 is 0 Å². The maximum atomic E-state index is 11.1. The first-order valence-corrected chi connectivity index (χ1v) is 8.66. The monoisotopic (exact) mass is 307 g/mol. The topological polar surface area (TPSA) is 23.5 Å². The van der Waals surface area contributed by atoms with Crippen LogP contribution in [0.3, 0.4) is 0 Å². The molecule has 0 saturated carbocycles. The lowest BCUT2D eigenvalue weighted by molar-refractivity contribution is -0.0759. The van der Waals surface area contributed by atoms with Crippen LogP contribution in [0.25, 0.3) is 10.8 Å². The summed E-state index contributed by atoms with van der Waals surface area (Å²) in [7, 11) is 0. The number of hydrogen-bond acceptors (Lipinski definition) is 2. The first-order valence-electron chi connectivity index (χ1n) is 8.66. The van der Waals surface area contributed by atoms with Crippen LogP contribution in [0.15, 0.2) is 55.1 Å². The molecule has 0 amide bonds. The minimum absolute atomic E-state index is 0.202. The van der Waals surface area contributed by atoms with E-state index in [0.717, 1.165) is 25.1 Å². The van der Waals surface area contributed by atoms with Crippen LogP contribution in [0.4, 0.5) is 0 Å². The Morgan fingerprint density at radius 1 is 1.26 bits per heavy atom. The van der Waals surface area contributed by atoms with Crippen molar-refractivity contribution in [1.82, 2.24) is 4.90 Å². The van der Waals surface area contributed by atoms with E-state index in [0.29, 0.717) is 5.92 Å². The van der Waals surface area contributed by atoms with Crippen molar-refractivity contribution in [1.29, 1.82) is 0 Å². The highest BCUT2D eigenvalue weighted by Crippen LogP contribution is 2.48. The van der Waals surface area contributed by atoms with Crippen LogP contribution < -0.4 is 0 Å². The molecular formula is C21H25NO. The van der Waals surface area contributed by atoms with E-state index in [1.807, 2.05) is 0 Å². The molecular weight excluding hydrogens is 282 g/mol. The summed E-state index contributed by atoms with van der Waals surface area (Å²) in [6, 6.07) is 14.8. The Morgan fingerprint density at radius 3 is 2.78 bits per heavy atom. The fourth-order valence-electron chi connectivity index (χ4n) is 4.68. The molecule has 3 saturated heterocycles. The molecule has 3 unspecified atom stereocenters. The van der Waals surface area contributed by atoms with Gasteiger partial charge in [0.05, 0.1) is 6.10 Å². The molecule has 120 valence electrons. The summed E-state index contributed by atoms with van der Waals surface area (Å²) in [6.45, 7) is 8.49. The van der Waals surface area contributed by atoms with Crippen molar-refractivity contribution >= 4 is 10.8 Å². The maximum absolute atomic E-state index is 11.1. The average Bonchev–Trinajstić information content (AvgIpc) is 2.61. The molecule has 2 bridgehead atoms. The Labute approximate surface area is 138 Å². The Bertz CT molecular complexity index is 734. The molecule has 0 aromatic heterocycles. The van der Waals surface area contributed by atoms with Crippen molar-refractivity contribution in [2.45, 2.75) is 31.9 Å². The van der Waals surface area contributed by atoms with Crippen molar-refractivity contribution in [3.63, 3.8) is 0 Å². The maximum Gasteiger partial charge on any atom is 0.0951 e. The van der Waals surface area contributed by atoms with Crippen LogP contribution in [-0.4, -0.2) is 29.1 Å². The fraction of sp³-hybridized carbons (Fsp3) is 0.429. The lowest BCUT2D eigenvalue weighted by Crippen LogP contribution is -2.58. The fourth-order valence-corrected chi connectivity index (χ4v) is 4.68. The standard InChI is InChI=1S/C21H25NO/c1-3-21(2)14-22-12-11-16(21)13-19(22)20(23)18-10-6-8-15-7-4-5-9-17(15)18/h3-10,16,19-20,23H,1,11-14H2,2H3/t16?,19?,20-,21-/m1/s1. The molecule has 1 N–H and O–H groups in total. The van der Waals surface area contributed by atoms with E-state index in [4.69, 9.17) is 0 Å². The van der Waals surface area contributed by atoms with E-state index in [1.54, 1.807) is 0 Å².